The van der Waals surface area contributed by atoms with Crippen LogP contribution in [-0.2, 0) is 17.9 Å². The SMILES string of the molecule is CCN(CC(N)=O)Cc1ccc(OC)c(CN)c1. The number of amides is 1. The van der Waals surface area contributed by atoms with E-state index in [9.17, 15) is 4.79 Å². The van der Waals surface area contributed by atoms with Crippen molar-refractivity contribution >= 4 is 5.91 Å². The van der Waals surface area contributed by atoms with Gasteiger partial charge < -0.3 is 16.2 Å². The molecular weight excluding hydrogens is 230 g/mol. The molecule has 5 nitrogen and oxygen atoms in total. The normalized spacial score (nSPS) is 10.7. The largest absolute Gasteiger partial charge is 0.496 e. The number of carbonyl (C=O) groups is 1. The summed E-state index contributed by atoms with van der Waals surface area (Å²) in [7, 11) is 1.62. The van der Waals surface area contributed by atoms with E-state index in [1.54, 1.807) is 7.11 Å². The second kappa shape index (κ2) is 6.98. The Morgan fingerprint density at radius 1 is 1.44 bits per heavy atom. The van der Waals surface area contributed by atoms with E-state index in [2.05, 4.69) is 0 Å². The molecule has 0 saturated carbocycles. The molecular formula is C13H21N3O2. The summed E-state index contributed by atoms with van der Waals surface area (Å²) in [4.78, 5) is 12.9. The molecule has 0 unspecified atom stereocenters. The molecule has 0 aliphatic rings. The van der Waals surface area contributed by atoms with Crippen LogP contribution in [0.1, 0.15) is 18.1 Å². The number of nitrogens with zero attached hydrogens (tertiary/aromatic N) is 1. The number of methoxy groups -OCH3 is 1. The summed E-state index contributed by atoms with van der Waals surface area (Å²) < 4.78 is 5.22. The van der Waals surface area contributed by atoms with E-state index in [1.807, 2.05) is 30.0 Å². The third-order valence-electron chi connectivity index (χ3n) is 2.80. The lowest BCUT2D eigenvalue weighted by atomic mass is 10.1. The molecule has 0 atom stereocenters. The van der Waals surface area contributed by atoms with Crippen LogP contribution in [0.15, 0.2) is 18.2 Å². The van der Waals surface area contributed by atoms with Gasteiger partial charge in [0.25, 0.3) is 0 Å². The van der Waals surface area contributed by atoms with Gasteiger partial charge in [0.05, 0.1) is 13.7 Å². The lowest BCUT2D eigenvalue weighted by molar-refractivity contribution is -0.119. The van der Waals surface area contributed by atoms with Gasteiger partial charge in [0, 0.05) is 18.7 Å². The Hall–Kier alpha value is -1.59. The Bertz CT molecular complexity index is 407. The molecule has 1 aromatic rings. The molecule has 5 heteroatoms. The summed E-state index contributed by atoms with van der Waals surface area (Å²) in [5.41, 5.74) is 12.9. The first-order valence-electron chi connectivity index (χ1n) is 5.97. The van der Waals surface area contributed by atoms with Crippen LogP contribution in [0.4, 0.5) is 0 Å². The zero-order valence-electron chi connectivity index (χ0n) is 11.0. The minimum atomic E-state index is -0.315. The summed E-state index contributed by atoms with van der Waals surface area (Å²) in [6.45, 7) is 4.14. The van der Waals surface area contributed by atoms with Crippen molar-refractivity contribution in [3.8, 4) is 5.75 Å². The molecule has 0 aliphatic heterocycles. The van der Waals surface area contributed by atoms with Crippen LogP contribution in [-0.4, -0.2) is 31.0 Å². The number of likely N-dealkylation sites (N-methyl/N-ethyl adjacent to an activating group) is 1. The van der Waals surface area contributed by atoms with Crippen molar-refractivity contribution in [3.05, 3.63) is 29.3 Å². The van der Waals surface area contributed by atoms with Crippen LogP contribution in [0.25, 0.3) is 0 Å². The first-order valence-corrected chi connectivity index (χ1v) is 5.97. The van der Waals surface area contributed by atoms with Crippen molar-refractivity contribution in [2.24, 2.45) is 11.5 Å². The maximum Gasteiger partial charge on any atom is 0.231 e. The number of ether oxygens (including phenoxy) is 1. The number of benzene rings is 1. The molecule has 0 heterocycles. The minimum Gasteiger partial charge on any atom is -0.496 e. The van der Waals surface area contributed by atoms with Crippen molar-refractivity contribution < 1.29 is 9.53 Å². The predicted molar refractivity (Wildman–Crippen MR) is 71.0 cm³/mol. The lowest BCUT2D eigenvalue weighted by Crippen LogP contribution is -2.33. The van der Waals surface area contributed by atoms with E-state index < -0.39 is 0 Å². The second-order valence-electron chi connectivity index (χ2n) is 4.12. The topological polar surface area (TPSA) is 81.6 Å². The summed E-state index contributed by atoms with van der Waals surface area (Å²) >= 11 is 0. The van der Waals surface area contributed by atoms with Gasteiger partial charge in [-0.25, -0.2) is 0 Å². The Kier molecular flexibility index (Phi) is 5.61. The minimum absolute atomic E-state index is 0.264. The molecule has 0 aliphatic carbocycles. The first-order chi connectivity index (χ1) is 8.60. The zero-order chi connectivity index (χ0) is 13.5. The van der Waals surface area contributed by atoms with Crippen molar-refractivity contribution in [1.29, 1.82) is 0 Å². The maximum absolute atomic E-state index is 10.9. The average Bonchev–Trinajstić information content (AvgIpc) is 2.37. The highest BCUT2D eigenvalue weighted by molar-refractivity contribution is 5.75. The van der Waals surface area contributed by atoms with Gasteiger partial charge in [-0.15, -0.1) is 0 Å². The first kappa shape index (κ1) is 14.5. The van der Waals surface area contributed by atoms with Crippen molar-refractivity contribution in [2.75, 3.05) is 20.2 Å². The monoisotopic (exact) mass is 251 g/mol. The molecule has 100 valence electrons. The fraction of sp³-hybridized carbons (Fsp3) is 0.462. The summed E-state index contributed by atoms with van der Waals surface area (Å²) in [5, 5.41) is 0. The third kappa shape index (κ3) is 4.01. The van der Waals surface area contributed by atoms with Gasteiger partial charge in [-0.2, -0.15) is 0 Å². The van der Waals surface area contributed by atoms with Gasteiger partial charge >= 0.3 is 0 Å². The third-order valence-corrected chi connectivity index (χ3v) is 2.80. The number of hydrogen-bond donors (Lipinski definition) is 2. The van der Waals surface area contributed by atoms with Crippen LogP contribution < -0.4 is 16.2 Å². The number of nitrogens with two attached hydrogens (primary N) is 2. The van der Waals surface area contributed by atoms with Gasteiger partial charge in [0.15, 0.2) is 0 Å². The van der Waals surface area contributed by atoms with Gasteiger partial charge in [-0.05, 0) is 24.2 Å². The highest BCUT2D eigenvalue weighted by Crippen LogP contribution is 2.20. The second-order valence-corrected chi connectivity index (χ2v) is 4.12. The Morgan fingerprint density at radius 2 is 2.17 bits per heavy atom. The molecule has 0 aromatic heterocycles. The molecule has 1 amide bonds. The number of carbonyl (C=O) groups excluding carboxylic acids is 1. The maximum atomic E-state index is 10.9. The number of primary amides is 1. The Labute approximate surface area is 108 Å². The average molecular weight is 251 g/mol. The van der Waals surface area contributed by atoms with Crippen LogP contribution in [0.2, 0.25) is 0 Å². The van der Waals surface area contributed by atoms with Crippen LogP contribution in [0.3, 0.4) is 0 Å². The lowest BCUT2D eigenvalue weighted by Gasteiger charge is -2.19. The quantitative estimate of drug-likeness (QED) is 0.737. The van der Waals surface area contributed by atoms with Crippen molar-refractivity contribution in [3.63, 3.8) is 0 Å². The fourth-order valence-corrected chi connectivity index (χ4v) is 1.85. The van der Waals surface area contributed by atoms with Gasteiger partial charge in [0.2, 0.25) is 5.91 Å². The molecule has 1 rings (SSSR count). The van der Waals surface area contributed by atoms with Crippen molar-refractivity contribution in [1.82, 2.24) is 4.90 Å². The van der Waals surface area contributed by atoms with Crippen LogP contribution in [0.5, 0.6) is 5.75 Å². The van der Waals surface area contributed by atoms with E-state index in [0.717, 1.165) is 23.4 Å². The molecule has 4 N–H and O–H groups in total. The summed E-state index contributed by atoms with van der Waals surface area (Å²) in [6.07, 6.45) is 0. The molecule has 0 saturated heterocycles. The van der Waals surface area contributed by atoms with E-state index >= 15 is 0 Å². The van der Waals surface area contributed by atoms with E-state index in [0.29, 0.717) is 13.1 Å². The van der Waals surface area contributed by atoms with E-state index in [-0.39, 0.29) is 12.5 Å². The van der Waals surface area contributed by atoms with Gasteiger partial charge in [-0.3, -0.25) is 9.69 Å². The summed E-state index contributed by atoms with van der Waals surface area (Å²) in [6, 6.07) is 5.87. The highest BCUT2D eigenvalue weighted by atomic mass is 16.5. The predicted octanol–water partition coefficient (Wildman–Crippen LogP) is 0.461. The zero-order valence-corrected chi connectivity index (χ0v) is 11.0. The summed E-state index contributed by atoms with van der Waals surface area (Å²) in [5.74, 6) is 0.476. The standard InChI is InChI=1S/C13H21N3O2/c1-3-16(9-13(15)17)8-10-4-5-12(18-2)11(6-10)7-14/h4-6H,3,7-9,14H2,1-2H3,(H2,15,17). The van der Waals surface area contributed by atoms with Crippen LogP contribution >= 0.6 is 0 Å². The molecule has 0 radical (unpaired) electrons. The Balaban J connectivity index is 2.80. The van der Waals surface area contributed by atoms with E-state index in [1.165, 1.54) is 0 Å². The number of hydrogen-bond acceptors (Lipinski definition) is 4. The molecule has 0 fully saturated rings. The van der Waals surface area contributed by atoms with Gasteiger partial charge in [0.1, 0.15) is 5.75 Å². The highest BCUT2D eigenvalue weighted by Gasteiger charge is 2.09. The fourth-order valence-electron chi connectivity index (χ4n) is 1.85. The molecule has 18 heavy (non-hydrogen) atoms. The van der Waals surface area contributed by atoms with Gasteiger partial charge in [-0.1, -0.05) is 13.0 Å². The molecule has 0 spiro atoms. The number of rotatable bonds is 7. The van der Waals surface area contributed by atoms with Crippen LogP contribution in [0, 0.1) is 0 Å². The Morgan fingerprint density at radius 3 is 2.67 bits per heavy atom. The molecule has 1 aromatic carbocycles. The molecule has 0 bridgehead atoms. The van der Waals surface area contributed by atoms with Crippen molar-refractivity contribution in [2.45, 2.75) is 20.0 Å². The smallest absolute Gasteiger partial charge is 0.231 e. The van der Waals surface area contributed by atoms with E-state index in [4.69, 9.17) is 16.2 Å².